The van der Waals surface area contributed by atoms with Crippen molar-refractivity contribution in [2.45, 2.75) is 18.2 Å². The Balaban J connectivity index is 1.81. The number of likely N-dealkylation sites (N-methyl/N-ethyl adjacent to an activating group) is 1. The summed E-state index contributed by atoms with van der Waals surface area (Å²) in [6.45, 7) is 3.96. The molecule has 1 heterocycles. The van der Waals surface area contributed by atoms with E-state index < -0.39 is 10.0 Å². The van der Waals surface area contributed by atoms with Gasteiger partial charge in [-0.3, -0.25) is 4.79 Å². The van der Waals surface area contributed by atoms with E-state index in [1.54, 1.807) is 43.3 Å². The van der Waals surface area contributed by atoms with Gasteiger partial charge in [-0.05, 0) is 49.4 Å². The Bertz CT molecular complexity index is 1030. The molecule has 2 aromatic carbocycles. The van der Waals surface area contributed by atoms with Crippen molar-refractivity contribution in [2.24, 2.45) is 0 Å². The van der Waals surface area contributed by atoms with E-state index in [4.69, 9.17) is 5.26 Å². The van der Waals surface area contributed by atoms with Crippen LogP contribution in [0.5, 0.6) is 0 Å². The fourth-order valence-electron chi connectivity index (χ4n) is 3.19. The molecule has 3 rings (SSSR count). The Kier molecular flexibility index (Phi) is 6.33. The molecule has 2 aromatic rings. The molecule has 1 aliphatic heterocycles. The van der Waals surface area contributed by atoms with E-state index in [-0.39, 0.29) is 16.4 Å². The predicted octanol–water partition coefficient (Wildman–Crippen LogP) is 2.25. The molecule has 1 aliphatic rings. The molecule has 0 radical (unpaired) electrons. The second kappa shape index (κ2) is 8.74. The fraction of sp³-hybridized carbons (Fsp3) is 0.333. The Labute approximate surface area is 171 Å². The monoisotopic (exact) mass is 412 g/mol. The van der Waals surface area contributed by atoms with Crippen molar-refractivity contribution in [3.63, 3.8) is 0 Å². The van der Waals surface area contributed by atoms with Crippen LogP contribution in [0, 0.1) is 18.3 Å². The van der Waals surface area contributed by atoms with E-state index in [1.165, 1.54) is 10.4 Å². The second-order valence-corrected chi connectivity index (χ2v) is 9.08. The third kappa shape index (κ3) is 4.82. The SMILES string of the molecule is Cc1ccc(C(=O)Nc2ccc(CC#N)cc2)cc1S(=O)(=O)N1CCN(C)CC1. The zero-order valence-electron chi connectivity index (χ0n) is 16.6. The van der Waals surface area contributed by atoms with E-state index in [0.717, 1.165) is 5.56 Å². The number of benzene rings is 2. The summed E-state index contributed by atoms with van der Waals surface area (Å²) in [6.07, 6.45) is 0.305. The number of carbonyl (C=O) groups is 1. The summed E-state index contributed by atoms with van der Waals surface area (Å²) in [5.41, 5.74) is 2.34. The van der Waals surface area contributed by atoms with Crippen LogP contribution in [-0.4, -0.2) is 56.8 Å². The highest BCUT2D eigenvalue weighted by Crippen LogP contribution is 2.23. The molecular weight excluding hydrogens is 388 g/mol. The first kappa shape index (κ1) is 21.0. The molecule has 29 heavy (non-hydrogen) atoms. The van der Waals surface area contributed by atoms with Crippen LogP contribution in [-0.2, 0) is 16.4 Å². The summed E-state index contributed by atoms with van der Waals surface area (Å²) in [4.78, 5) is 14.9. The van der Waals surface area contributed by atoms with Crippen molar-refractivity contribution >= 4 is 21.6 Å². The van der Waals surface area contributed by atoms with Crippen LogP contribution < -0.4 is 5.32 Å². The lowest BCUT2D eigenvalue weighted by Crippen LogP contribution is -2.47. The second-order valence-electron chi connectivity index (χ2n) is 7.17. The minimum atomic E-state index is -3.66. The number of piperazine rings is 1. The van der Waals surface area contributed by atoms with Crippen LogP contribution in [0.2, 0.25) is 0 Å². The van der Waals surface area contributed by atoms with Crippen LogP contribution in [0.1, 0.15) is 21.5 Å². The number of nitriles is 1. The topological polar surface area (TPSA) is 93.5 Å². The van der Waals surface area contributed by atoms with Gasteiger partial charge in [0.25, 0.3) is 5.91 Å². The molecular formula is C21H24N4O3S. The first-order valence-corrected chi connectivity index (χ1v) is 10.8. The van der Waals surface area contributed by atoms with Gasteiger partial charge >= 0.3 is 0 Å². The minimum absolute atomic E-state index is 0.166. The van der Waals surface area contributed by atoms with Crippen molar-refractivity contribution < 1.29 is 13.2 Å². The molecule has 0 unspecified atom stereocenters. The summed E-state index contributed by atoms with van der Waals surface area (Å²) in [5.74, 6) is -0.382. The fourth-order valence-corrected chi connectivity index (χ4v) is 4.86. The van der Waals surface area contributed by atoms with E-state index in [1.807, 2.05) is 7.05 Å². The summed E-state index contributed by atoms with van der Waals surface area (Å²) in [6, 6.07) is 13.8. The standard InChI is InChI=1S/C21H24N4O3S/c1-16-3-6-18(21(26)23-19-7-4-17(5-8-19)9-10-22)15-20(16)29(27,28)25-13-11-24(2)12-14-25/h3-8,15H,9,11-14H2,1-2H3,(H,23,26). The molecule has 7 nitrogen and oxygen atoms in total. The highest BCUT2D eigenvalue weighted by atomic mass is 32.2. The van der Waals surface area contributed by atoms with Crippen LogP contribution in [0.25, 0.3) is 0 Å². The van der Waals surface area contributed by atoms with Gasteiger partial charge in [-0.2, -0.15) is 9.57 Å². The quantitative estimate of drug-likeness (QED) is 0.813. The summed E-state index contributed by atoms with van der Waals surface area (Å²) in [7, 11) is -1.70. The number of hydrogen-bond acceptors (Lipinski definition) is 5. The summed E-state index contributed by atoms with van der Waals surface area (Å²) in [5, 5.41) is 11.5. The molecule has 0 aromatic heterocycles. The van der Waals surface area contributed by atoms with Gasteiger partial charge in [-0.15, -0.1) is 0 Å². The highest BCUT2D eigenvalue weighted by Gasteiger charge is 2.29. The van der Waals surface area contributed by atoms with Gasteiger partial charge in [0.1, 0.15) is 0 Å². The molecule has 1 amide bonds. The van der Waals surface area contributed by atoms with Crippen LogP contribution in [0.15, 0.2) is 47.4 Å². The van der Waals surface area contributed by atoms with E-state index in [0.29, 0.717) is 43.9 Å². The molecule has 0 bridgehead atoms. The molecule has 1 N–H and O–H groups in total. The van der Waals surface area contributed by atoms with Gasteiger partial charge in [-0.25, -0.2) is 8.42 Å². The molecule has 1 fully saturated rings. The normalized spacial score (nSPS) is 15.6. The third-order valence-electron chi connectivity index (χ3n) is 5.03. The molecule has 0 saturated carbocycles. The molecule has 0 aliphatic carbocycles. The number of hydrogen-bond donors (Lipinski definition) is 1. The Morgan fingerprint density at radius 3 is 2.38 bits per heavy atom. The number of amides is 1. The Hall–Kier alpha value is -2.73. The average molecular weight is 413 g/mol. The number of carbonyl (C=O) groups excluding carboxylic acids is 1. The molecule has 152 valence electrons. The Morgan fingerprint density at radius 2 is 1.76 bits per heavy atom. The lowest BCUT2D eigenvalue weighted by Gasteiger charge is -2.32. The van der Waals surface area contributed by atoms with E-state index in [9.17, 15) is 13.2 Å². The maximum Gasteiger partial charge on any atom is 0.255 e. The zero-order valence-corrected chi connectivity index (χ0v) is 17.4. The third-order valence-corrected chi connectivity index (χ3v) is 7.07. The number of rotatable bonds is 5. The Morgan fingerprint density at radius 1 is 1.10 bits per heavy atom. The molecule has 0 atom stereocenters. The molecule has 1 saturated heterocycles. The largest absolute Gasteiger partial charge is 0.322 e. The molecule has 0 spiro atoms. The van der Waals surface area contributed by atoms with E-state index in [2.05, 4.69) is 16.3 Å². The predicted molar refractivity (Wildman–Crippen MR) is 111 cm³/mol. The minimum Gasteiger partial charge on any atom is -0.322 e. The number of aryl methyl sites for hydroxylation is 1. The van der Waals surface area contributed by atoms with E-state index >= 15 is 0 Å². The lowest BCUT2D eigenvalue weighted by molar-refractivity contribution is 0.102. The smallest absolute Gasteiger partial charge is 0.255 e. The van der Waals surface area contributed by atoms with Gasteiger partial charge < -0.3 is 10.2 Å². The van der Waals surface area contributed by atoms with Gasteiger partial charge in [0.05, 0.1) is 17.4 Å². The van der Waals surface area contributed by atoms with Gasteiger partial charge in [0.15, 0.2) is 0 Å². The van der Waals surface area contributed by atoms with Crippen molar-refractivity contribution in [3.8, 4) is 6.07 Å². The maximum absolute atomic E-state index is 13.1. The van der Waals surface area contributed by atoms with Crippen LogP contribution in [0.4, 0.5) is 5.69 Å². The van der Waals surface area contributed by atoms with Gasteiger partial charge in [-0.1, -0.05) is 18.2 Å². The van der Waals surface area contributed by atoms with Crippen LogP contribution >= 0.6 is 0 Å². The average Bonchev–Trinajstić information content (AvgIpc) is 2.70. The maximum atomic E-state index is 13.1. The zero-order chi connectivity index (χ0) is 21.0. The van der Waals surface area contributed by atoms with Crippen molar-refractivity contribution in [3.05, 3.63) is 59.2 Å². The van der Waals surface area contributed by atoms with Crippen molar-refractivity contribution in [2.75, 3.05) is 38.5 Å². The number of nitrogens with zero attached hydrogens (tertiary/aromatic N) is 3. The van der Waals surface area contributed by atoms with Crippen molar-refractivity contribution in [1.29, 1.82) is 5.26 Å². The lowest BCUT2D eigenvalue weighted by atomic mass is 10.1. The van der Waals surface area contributed by atoms with Crippen LogP contribution in [0.3, 0.4) is 0 Å². The first-order chi connectivity index (χ1) is 13.8. The summed E-state index contributed by atoms with van der Waals surface area (Å²) >= 11 is 0. The number of sulfonamides is 1. The first-order valence-electron chi connectivity index (χ1n) is 9.38. The van der Waals surface area contributed by atoms with Gasteiger partial charge in [0.2, 0.25) is 10.0 Å². The van der Waals surface area contributed by atoms with Crippen molar-refractivity contribution in [1.82, 2.24) is 9.21 Å². The molecule has 8 heteroatoms. The van der Waals surface area contributed by atoms with Gasteiger partial charge in [0, 0.05) is 37.4 Å². The number of nitrogens with one attached hydrogen (secondary N) is 1. The summed E-state index contributed by atoms with van der Waals surface area (Å²) < 4.78 is 27.7. The number of anilines is 1. The highest BCUT2D eigenvalue weighted by molar-refractivity contribution is 7.89.